The topological polar surface area (TPSA) is 64.6 Å². The summed E-state index contributed by atoms with van der Waals surface area (Å²) in [5.41, 5.74) is -0.369. The smallest absolute Gasteiger partial charge is 0.265 e. The quantitative estimate of drug-likeness (QED) is 0.916. The van der Waals surface area contributed by atoms with Gasteiger partial charge in [-0.2, -0.15) is 0 Å². The minimum Gasteiger partial charge on any atom is -0.497 e. The zero-order valence-electron chi connectivity index (χ0n) is 11.8. The van der Waals surface area contributed by atoms with E-state index in [-0.39, 0.29) is 16.3 Å². The van der Waals surface area contributed by atoms with Crippen molar-refractivity contribution in [2.45, 2.75) is 4.90 Å². The molecule has 0 fully saturated rings. The van der Waals surface area contributed by atoms with Gasteiger partial charge < -0.3 is 9.47 Å². The van der Waals surface area contributed by atoms with Crippen LogP contribution in [0.4, 0.5) is 14.5 Å². The van der Waals surface area contributed by atoms with E-state index >= 15 is 0 Å². The highest BCUT2D eigenvalue weighted by atomic mass is 32.2. The highest BCUT2D eigenvalue weighted by molar-refractivity contribution is 7.92. The van der Waals surface area contributed by atoms with Gasteiger partial charge >= 0.3 is 0 Å². The number of hydrogen-bond acceptors (Lipinski definition) is 4. The number of hydrogen-bond donors (Lipinski definition) is 1. The van der Waals surface area contributed by atoms with Crippen LogP contribution in [0.25, 0.3) is 0 Å². The molecular weight excluding hydrogens is 316 g/mol. The summed E-state index contributed by atoms with van der Waals surface area (Å²) in [6.07, 6.45) is 0. The van der Waals surface area contributed by atoms with Crippen LogP contribution in [0.2, 0.25) is 0 Å². The van der Waals surface area contributed by atoms with E-state index in [1.165, 1.54) is 32.4 Å². The first-order valence-corrected chi connectivity index (χ1v) is 7.55. The molecule has 5 nitrogen and oxygen atoms in total. The number of sulfonamides is 1. The molecule has 0 aliphatic carbocycles. The average Bonchev–Trinajstić information content (AvgIpc) is 2.49. The number of benzene rings is 2. The second-order valence-corrected chi connectivity index (χ2v) is 5.90. The first-order valence-electron chi connectivity index (χ1n) is 6.07. The summed E-state index contributed by atoms with van der Waals surface area (Å²) >= 11 is 0. The first-order chi connectivity index (χ1) is 10.4. The molecule has 22 heavy (non-hydrogen) atoms. The third-order valence-electron chi connectivity index (χ3n) is 2.84. The van der Waals surface area contributed by atoms with Gasteiger partial charge in [-0.05, 0) is 24.3 Å². The van der Waals surface area contributed by atoms with Crippen LogP contribution >= 0.6 is 0 Å². The fraction of sp³-hybridized carbons (Fsp3) is 0.143. The molecule has 118 valence electrons. The molecule has 1 N–H and O–H groups in total. The number of rotatable bonds is 5. The number of nitrogens with one attached hydrogen (secondary N) is 1. The van der Waals surface area contributed by atoms with E-state index in [9.17, 15) is 17.2 Å². The third-order valence-corrected chi connectivity index (χ3v) is 4.22. The molecule has 0 aliphatic rings. The molecule has 0 aromatic heterocycles. The van der Waals surface area contributed by atoms with E-state index in [4.69, 9.17) is 9.47 Å². The molecule has 0 radical (unpaired) electrons. The number of methoxy groups -OCH3 is 2. The fourth-order valence-electron chi connectivity index (χ4n) is 1.77. The Kier molecular flexibility index (Phi) is 4.51. The van der Waals surface area contributed by atoms with E-state index in [1.807, 2.05) is 0 Å². The van der Waals surface area contributed by atoms with Crippen LogP contribution in [0.3, 0.4) is 0 Å². The van der Waals surface area contributed by atoms with Crippen molar-refractivity contribution >= 4 is 15.7 Å². The maximum absolute atomic E-state index is 13.6. The summed E-state index contributed by atoms with van der Waals surface area (Å²) in [4.78, 5) is -0.224. The minimum absolute atomic E-state index is 0.0656. The molecule has 0 saturated heterocycles. The van der Waals surface area contributed by atoms with Gasteiger partial charge in [0.1, 0.15) is 28.0 Å². The van der Waals surface area contributed by atoms with E-state index < -0.39 is 21.7 Å². The molecule has 0 unspecified atom stereocenters. The van der Waals surface area contributed by atoms with Gasteiger partial charge in [-0.25, -0.2) is 17.2 Å². The molecule has 2 rings (SSSR count). The predicted octanol–water partition coefficient (Wildman–Crippen LogP) is 2.78. The predicted molar refractivity (Wildman–Crippen MR) is 76.7 cm³/mol. The monoisotopic (exact) mass is 329 g/mol. The zero-order chi connectivity index (χ0) is 16.3. The SMILES string of the molecule is COc1ccc(OC)c(S(=O)(=O)Nc2ccc(F)cc2F)c1. The summed E-state index contributed by atoms with van der Waals surface area (Å²) < 4.78 is 63.2. The Bertz CT molecular complexity index is 793. The molecule has 0 bridgehead atoms. The molecule has 0 heterocycles. The highest BCUT2D eigenvalue weighted by Gasteiger charge is 2.22. The second-order valence-electron chi connectivity index (χ2n) is 4.25. The Morgan fingerprint density at radius 1 is 1.00 bits per heavy atom. The molecule has 0 spiro atoms. The van der Waals surface area contributed by atoms with Crippen molar-refractivity contribution < 1.29 is 26.7 Å². The normalized spacial score (nSPS) is 11.1. The average molecular weight is 329 g/mol. The van der Waals surface area contributed by atoms with Gasteiger partial charge in [0.25, 0.3) is 10.0 Å². The maximum atomic E-state index is 13.6. The van der Waals surface area contributed by atoms with Gasteiger partial charge in [0.05, 0.1) is 19.9 Å². The lowest BCUT2D eigenvalue weighted by Crippen LogP contribution is -2.15. The van der Waals surface area contributed by atoms with Gasteiger partial charge in [-0.1, -0.05) is 0 Å². The first kappa shape index (κ1) is 16.0. The van der Waals surface area contributed by atoms with Crippen molar-refractivity contribution in [2.24, 2.45) is 0 Å². The van der Waals surface area contributed by atoms with Crippen molar-refractivity contribution in [1.82, 2.24) is 0 Å². The molecule has 0 amide bonds. The van der Waals surface area contributed by atoms with E-state index in [1.54, 1.807) is 0 Å². The van der Waals surface area contributed by atoms with E-state index in [0.717, 1.165) is 12.1 Å². The van der Waals surface area contributed by atoms with Gasteiger partial charge in [-0.3, -0.25) is 4.72 Å². The Labute approximate surface area is 126 Å². The fourth-order valence-corrected chi connectivity index (χ4v) is 3.02. The van der Waals surface area contributed by atoms with Crippen molar-refractivity contribution in [1.29, 1.82) is 0 Å². The molecule has 2 aromatic rings. The van der Waals surface area contributed by atoms with Crippen molar-refractivity contribution in [3.05, 3.63) is 48.0 Å². The molecule has 8 heteroatoms. The molecule has 0 atom stereocenters. The Morgan fingerprint density at radius 3 is 2.32 bits per heavy atom. The standard InChI is InChI=1S/C14H13F2NO4S/c1-20-10-4-6-13(21-2)14(8-10)22(18,19)17-12-5-3-9(15)7-11(12)16/h3-8,17H,1-2H3. The summed E-state index contributed by atoms with van der Waals surface area (Å²) in [5, 5.41) is 0. The maximum Gasteiger partial charge on any atom is 0.265 e. The van der Waals surface area contributed by atoms with Crippen molar-refractivity contribution in [3.63, 3.8) is 0 Å². The van der Waals surface area contributed by atoms with Gasteiger partial charge in [0.15, 0.2) is 0 Å². The second kappa shape index (κ2) is 6.18. The van der Waals surface area contributed by atoms with Crippen LogP contribution in [0.5, 0.6) is 11.5 Å². The van der Waals surface area contributed by atoms with Crippen LogP contribution in [-0.2, 0) is 10.0 Å². The molecule has 0 aliphatic heterocycles. The lowest BCUT2D eigenvalue weighted by molar-refractivity contribution is 0.392. The number of halogens is 2. The van der Waals surface area contributed by atoms with Gasteiger partial charge in [0.2, 0.25) is 0 Å². The van der Waals surface area contributed by atoms with Crippen LogP contribution < -0.4 is 14.2 Å². The highest BCUT2D eigenvalue weighted by Crippen LogP contribution is 2.30. The summed E-state index contributed by atoms with van der Waals surface area (Å²) in [7, 11) is -1.46. The molecular formula is C14H13F2NO4S. The van der Waals surface area contributed by atoms with Crippen LogP contribution in [0.15, 0.2) is 41.3 Å². The van der Waals surface area contributed by atoms with E-state index in [0.29, 0.717) is 11.8 Å². The molecule has 0 saturated carbocycles. The lowest BCUT2D eigenvalue weighted by atomic mass is 10.3. The summed E-state index contributed by atoms with van der Waals surface area (Å²) in [5.74, 6) is -1.47. The van der Waals surface area contributed by atoms with Gasteiger partial charge in [0, 0.05) is 12.1 Å². The van der Waals surface area contributed by atoms with Crippen molar-refractivity contribution in [2.75, 3.05) is 18.9 Å². The lowest BCUT2D eigenvalue weighted by Gasteiger charge is -2.13. The molecule has 2 aromatic carbocycles. The Morgan fingerprint density at radius 2 is 1.73 bits per heavy atom. The summed E-state index contributed by atoms with van der Waals surface area (Å²) in [6, 6.07) is 6.70. The number of ether oxygens (including phenoxy) is 2. The Hall–Kier alpha value is -2.35. The summed E-state index contributed by atoms with van der Waals surface area (Å²) in [6.45, 7) is 0. The largest absolute Gasteiger partial charge is 0.497 e. The minimum atomic E-state index is -4.14. The van der Waals surface area contributed by atoms with Crippen LogP contribution in [0.1, 0.15) is 0 Å². The van der Waals surface area contributed by atoms with Gasteiger partial charge in [-0.15, -0.1) is 0 Å². The Balaban J connectivity index is 2.46. The zero-order valence-corrected chi connectivity index (χ0v) is 12.6. The van der Waals surface area contributed by atoms with Crippen LogP contribution in [0, 0.1) is 11.6 Å². The van der Waals surface area contributed by atoms with Crippen LogP contribution in [-0.4, -0.2) is 22.6 Å². The number of anilines is 1. The van der Waals surface area contributed by atoms with Crippen molar-refractivity contribution in [3.8, 4) is 11.5 Å². The third kappa shape index (κ3) is 3.28. The van der Waals surface area contributed by atoms with E-state index in [2.05, 4.69) is 4.72 Å².